The quantitative estimate of drug-likeness (QED) is 0.424. The predicted molar refractivity (Wildman–Crippen MR) is 60.7 cm³/mol. The van der Waals surface area contributed by atoms with E-state index in [9.17, 15) is 14.4 Å². The fourth-order valence-corrected chi connectivity index (χ4v) is 2.32. The summed E-state index contributed by atoms with van der Waals surface area (Å²) in [4.78, 5) is 40.1. The zero-order valence-electron chi connectivity index (χ0n) is 9.77. The number of rotatable bonds is 1. The maximum atomic E-state index is 12.1. The summed E-state index contributed by atoms with van der Waals surface area (Å²) >= 11 is 0. The van der Waals surface area contributed by atoms with Gasteiger partial charge in [0.05, 0.1) is 6.54 Å². The van der Waals surface area contributed by atoms with E-state index in [0.29, 0.717) is 13.0 Å². The van der Waals surface area contributed by atoms with Gasteiger partial charge < -0.3 is 16.0 Å². The molecule has 19 heavy (non-hydrogen) atoms. The van der Waals surface area contributed by atoms with Gasteiger partial charge in [-0.25, -0.2) is 4.79 Å². The highest BCUT2D eigenvalue weighted by atomic mass is 16.2. The van der Waals surface area contributed by atoms with E-state index in [4.69, 9.17) is 5.73 Å². The lowest BCUT2D eigenvalue weighted by Crippen LogP contribution is -2.49. The minimum atomic E-state index is -1.03. The molecule has 0 aromatic carbocycles. The summed E-state index contributed by atoms with van der Waals surface area (Å²) in [6.07, 6.45) is 0.361. The summed E-state index contributed by atoms with van der Waals surface area (Å²) in [6.45, 7) is 0.442. The van der Waals surface area contributed by atoms with Crippen LogP contribution >= 0.6 is 0 Å². The molecular formula is C9H11N7O3. The molecule has 0 saturated carbocycles. The lowest BCUT2D eigenvalue weighted by molar-refractivity contribution is -0.123. The van der Waals surface area contributed by atoms with Gasteiger partial charge in [0, 0.05) is 6.54 Å². The number of likely N-dealkylation sites (tertiary alicyclic amines) is 1. The van der Waals surface area contributed by atoms with Gasteiger partial charge in [0.25, 0.3) is 11.8 Å². The van der Waals surface area contributed by atoms with Gasteiger partial charge in [0.15, 0.2) is 0 Å². The van der Waals surface area contributed by atoms with Crippen LogP contribution in [0.25, 0.3) is 0 Å². The molecule has 0 bridgehead atoms. The third-order valence-electron chi connectivity index (χ3n) is 3.28. The van der Waals surface area contributed by atoms with Crippen molar-refractivity contribution in [2.24, 2.45) is 0 Å². The molecule has 2 aliphatic heterocycles. The van der Waals surface area contributed by atoms with Crippen LogP contribution in [0.2, 0.25) is 0 Å². The van der Waals surface area contributed by atoms with Gasteiger partial charge in [0.2, 0.25) is 11.8 Å². The number of H-pyrrole nitrogens is 1. The molecule has 1 atom stereocenters. The van der Waals surface area contributed by atoms with Crippen LogP contribution in [-0.2, 0) is 4.79 Å². The number of hydrogen-bond acceptors (Lipinski definition) is 6. The molecule has 1 aromatic heterocycles. The molecule has 3 heterocycles. The standard InChI is InChI=1S/C9H11N7O3/c10-7-11-4(14-15-7)5(17)16-2-1-9(3-16)6(18)12-8(19)13-9/h1-3H2,(H3,10,11,14,15)(H2,12,13,18,19). The summed E-state index contributed by atoms with van der Waals surface area (Å²) in [7, 11) is 0. The Morgan fingerprint density at radius 3 is 2.79 bits per heavy atom. The van der Waals surface area contributed by atoms with E-state index in [2.05, 4.69) is 25.8 Å². The largest absolute Gasteiger partial charge is 0.366 e. The average molecular weight is 265 g/mol. The number of nitrogens with zero attached hydrogens (tertiary/aromatic N) is 3. The first-order valence-corrected chi connectivity index (χ1v) is 5.61. The summed E-state index contributed by atoms with van der Waals surface area (Å²) in [5.41, 5.74) is 4.30. The number of urea groups is 1. The van der Waals surface area contributed by atoms with Crippen LogP contribution in [-0.4, -0.2) is 56.6 Å². The Bertz CT molecular complexity index is 582. The molecule has 10 heteroatoms. The number of nitrogens with one attached hydrogen (secondary N) is 3. The molecular weight excluding hydrogens is 254 g/mol. The Kier molecular flexibility index (Phi) is 2.21. The number of aromatic amines is 1. The van der Waals surface area contributed by atoms with Crippen LogP contribution in [0.15, 0.2) is 0 Å². The van der Waals surface area contributed by atoms with Crippen molar-refractivity contribution >= 4 is 23.8 Å². The molecule has 5 N–H and O–H groups in total. The lowest BCUT2D eigenvalue weighted by Gasteiger charge is -2.20. The zero-order chi connectivity index (χ0) is 13.6. The Balaban J connectivity index is 1.78. The van der Waals surface area contributed by atoms with Crippen LogP contribution in [0.3, 0.4) is 0 Å². The number of carbonyl (C=O) groups is 3. The zero-order valence-corrected chi connectivity index (χ0v) is 9.77. The van der Waals surface area contributed by atoms with Crippen LogP contribution in [0, 0.1) is 0 Å². The van der Waals surface area contributed by atoms with Crippen molar-refractivity contribution in [1.82, 2.24) is 30.7 Å². The fraction of sp³-hybridized carbons (Fsp3) is 0.444. The van der Waals surface area contributed by atoms with E-state index in [1.165, 1.54) is 4.90 Å². The van der Waals surface area contributed by atoms with Crippen LogP contribution < -0.4 is 16.4 Å². The van der Waals surface area contributed by atoms with E-state index in [-0.39, 0.29) is 18.3 Å². The van der Waals surface area contributed by atoms with Crippen molar-refractivity contribution in [2.45, 2.75) is 12.0 Å². The highest BCUT2D eigenvalue weighted by Crippen LogP contribution is 2.25. The molecule has 1 unspecified atom stereocenters. The van der Waals surface area contributed by atoms with E-state index >= 15 is 0 Å². The van der Waals surface area contributed by atoms with Gasteiger partial charge in [-0.3, -0.25) is 20.0 Å². The van der Waals surface area contributed by atoms with Gasteiger partial charge in [-0.2, -0.15) is 4.98 Å². The van der Waals surface area contributed by atoms with Gasteiger partial charge >= 0.3 is 6.03 Å². The minimum Gasteiger partial charge on any atom is -0.366 e. The van der Waals surface area contributed by atoms with Crippen molar-refractivity contribution in [2.75, 3.05) is 18.8 Å². The number of carbonyl (C=O) groups excluding carboxylic acids is 3. The molecule has 3 rings (SSSR count). The van der Waals surface area contributed by atoms with Crippen LogP contribution in [0.1, 0.15) is 17.0 Å². The first-order valence-electron chi connectivity index (χ1n) is 5.61. The highest BCUT2D eigenvalue weighted by Gasteiger charge is 2.51. The van der Waals surface area contributed by atoms with Crippen molar-refractivity contribution in [3.8, 4) is 0 Å². The first kappa shape index (κ1) is 11.4. The second-order valence-electron chi connectivity index (χ2n) is 4.51. The highest BCUT2D eigenvalue weighted by molar-refractivity contribution is 6.08. The number of amides is 4. The summed E-state index contributed by atoms with van der Waals surface area (Å²) in [5.74, 6) is -0.830. The number of hydrogen-bond donors (Lipinski definition) is 4. The lowest BCUT2D eigenvalue weighted by atomic mass is 10.00. The molecule has 0 aliphatic carbocycles. The van der Waals surface area contributed by atoms with Crippen LogP contribution in [0.5, 0.6) is 0 Å². The number of nitrogens with two attached hydrogens (primary N) is 1. The fourth-order valence-electron chi connectivity index (χ4n) is 2.32. The maximum absolute atomic E-state index is 12.1. The van der Waals surface area contributed by atoms with Gasteiger partial charge in [-0.1, -0.05) is 0 Å². The molecule has 0 radical (unpaired) electrons. The monoisotopic (exact) mass is 265 g/mol. The molecule has 10 nitrogen and oxygen atoms in total. The Morgan fingerprint density at radius 2 is 2.21 bits per heavy atom. The molecule has 4 amide bonds. The van der Waals surface area contributed by atoms with E-state index < -0.39 is 23.4 Å². The van der Waals surface area contributed by atoms with Gasteiger partial charge in [-0.15, -0.1) is 5.10 Å². The SMILES string of the molecule is Nc1n[nH]c(C(=O)N2CCC3(C2)NC(=O)NC3=O)n1. The molecule has 100 valence electrons. The average Bonchev–Trinajstić information content (AvgIpc) is 3.01. The molecule has 2 aliphatic rings. The third-order valence-corrected chi connectivity index (χ3v) is 3.28. The Hall–Kier alpha value is -2.65. The predicted octanol–water partition coefficient (Wildman–Crippen LogP) is -2.19. The number of imide groups is 1. The topological polar surface area (TPSA) is 146 Å². The number of aromatic nitrogens is 3. The molecule has 2 saturated heterocycles. The summed E-state index contributed by atoms with van der Waals surface area (Å²) in [5, 5.41) is 10.7. The molecule has 1 spiro atoms. The normalized spacial score (nSPS) is 25.8. The second-order valence-corrected chi connectivity index (χ2v) is 4.51. The van der Waals surface area contributed by atoms with Crippen molar-refractivity contribution in [1.29, 1.82) is 0 Å². The second kappa shape index (κ2) is 3.67. The van der Waals surface area contributed by atoms with Crippen LogP contribution in [0.4, 0.5) is 10.7 Å². The van der Waals surface area contributed by atoms with Crippen molar-refractivity contribution < 1.29 is 14.4 Å². The number of anilines is 1. The Morgan fingerprint density at radius 1 is 1.42 bits per heavy atom. The summed E-state index contributed by atoms with van der Waals surface area (Å²) < 4.78 is 0. The van der Waals surface area contributed by atoms with E-state index in [0.717, 1.165) is 0 Å². The van der Waals surface area contributed by atoms with E-state index in [1.54, 1.807) is 0 Å². The first-order chi connectivity index (χ1) is 9.00. The molecule has 1 aromatic rings. The van der Waals surface area contributed by atoms with Crippen molar-refractivity contribution in [3.05, 3.63) is 5.82 Å². The van der Waals surface area contributed by atoms with Crippen molar-refractivity contribution in [3.63, 3.8) is 0 Å². The molecule has 2 fully saturated rings. The smallest absolute Gasteiger partial charge is 0.322 e. The Labute approximate surface area is 106 Å². The number of nitrogen functional groups attached to an aromatic ring is 1. The van der Waals surface area contributed by atoms with Gasteiger partial charge in [0.1, 0.15) is 5.54 Å². The van der Waals surface area contributed by atoms with E-state index in [1.807, 2.05) is 0 Å². The third kappa shape index (κ3) is 1.68. The maximum Gasteiger partial charge on any atom is 0.322 e. The van der Waals surface area contributed by atoms with Gasteiger partial charge in [-0.05, 0) is 6.42 Å². The summed E-state index contributed by atoms with van der Waals surface area (Å²) in [6, 6.07) is -0.539. The minimum absolute atomic E-state index is 0.0132.